The summed E-state index contributed by atoms with van der Waals surface area (Å²) < 4.78 is 1.05. The van der Waals surface area contributed by atoms with Gasteiger partial charge in [0.1, 0.15) is 0 Å². The van der Waals surface area contributed by atoms with E-state index in [0.717, 1.165) is 10.8 Å². The lowest BCUT2D eigenvalue weighted by molar-refractivity contribution is -0.208. The van der Waals surface area contributed by atoms with Gasteiger partial charge in [-0.2, -0.15) is 5.06 Å². The van der Waals surface area contributed by atoms with Crippen molar-refractivity contribution in [2.45, 2.75) is 44.9 Å². The van der Waals surface area contributed by atoms with Crippen molar-refractivity contribution in [2.75, 3.05) is 4.43 Å². The van der Waals surface area contributed by atoms with E-state index in [1.54, 1.807) is 0 Å². The number of halogens is 1. The van der Waals surface area contributed by atoms with Crippen LogP contribution in [-0.2, 0) is 4.84 Å². The molecule has 0 saturated carbocycles. The highest BCUT2D eigenvalue weighted by Crippen LogP contribution is 2.39. The van der Waals surface area contributed by atoms with E-state index >= 15 is 0 Å². The first kappa shape index (κ1) is 13.3. The van der Waals surface area contributed by atoms with E-state index in [1.165, 1.54) is 5.56 Å². The van der Waals surface area contributed by atoms with Gasteiger partial charge in [-0.25, -0.2) is 0 Å². The molecular weight excluding hydrogens is 325 g/mol. The van der Waals surface area contributed by atoms with Crippen molar-refractivity contribution in [3.63, 3.8) is 0 Å². The maximum Gasteiger partial charge on any atom is 0.0902 e. The highest BCUT2D eigenvalue weighted by Gasteiger charge is 2.39. The van der Waals surface area contributed by atoms with Crippen LogP contribution >= 0.6 is 22.6 Å². The van der Waals surface area contributed by atoms with E-state index in [0.29, 0.717) is 12.1 Å². The van der Waals surface area contributed by atoms with E-state index in [2.05, 4.69) is 78.8 Å². The second-order valence-electron chi connectivity index (χ2n) is 5.54. The van der Waals surface area contributed by atoms with Crippen molar-refractivity contribution in [1.29, 1.82) is 0 Å². The minimum absolute atomic E-state index is 0.0427. The van der Waals surface area contributed by atoms with Gasteiger partial charge in [0.15, 0.2) is 0 Å². The number of benzene rings is 1. The Kier molecular flexibility index (Phi) is 4.10. The van der Waals surface area contributed by atoms with Gasteiger partial charge in [-0.3, -0.25) is 4.84 Å². The topological polar surface area (TPSA) is 12.5 Å². The second kappa shape index (κ2) is 5.24. The monoisotopic (exact) mass is 345 g/mol. The lowest BCUT2D eigenvalue weighted by atomic mass is 9.98. The number of hydrogen-bond acceptors (Lipinski definition) is 2. The van der Waals surface area contributed by atoms with Crippen LogP contribution in [-0.4, -0.2) is 21.1 Å². The fourth-order valence-corrected chi connectivity index (χ4v) is 2.81. The zero-order valence-corrected chi connectivity index (χ0v) is 12.8. The normalized spacial score (nSPS) is 26.4. The average molecular weight is 345 g/mol. The quantitative estimate of drug-likeness (QED) is 0.594. The van der Waals surface area contributed by atoms with Crippen LogP contribution in [0.25, 0.3) is 0 Å². The zero-order valence-electron chi connectivity index (χ0n) is 10.7. The lowest BCUT2D eigenvalue weighted by Gasteiger charge is -2.35. The number of hydroxylamine groups is 2. The van der Waals surface area contributed by atoms with Crippen molar-refractivity contribution in [2.24, 2.45) is 0 Å². The summed E-state index contributed by atoms with van der Waals surface area (Å²) in [5, 5.41) is 2.17. The summed E-state index contributed by atoms with van der Waals surface area (Å²) in [6.45, 7) is 6.62. The van der Waals surface area contributed by atoms with Gasteiger partial charge in [0, 0.05) is 9.97 Å². The Morgan fingerprint density at radius 1 is 1.29 bits per heavy atom. The predicted molar refractivity (Wildman–Crippen MR) is 79.2 cm³/mol. The highest BCUT2D eigenvalue weighted by atomic mass is 127. The molecule has 0 aliphatic carbocycles. The third kappa shape index (κ3) is 3.01. The summed E-state index contributed by atoms with van der Waals surface area (Å²) >= 11 is 2.41. The molecule has 2 atom stereocenters. The van der Waals surface area contributed by atoms with Gasteiger partial charge in [-0.15, -0.1) is 0 Å². The van der Waals surface area contributed by atoms with Gasteiger partial charge in [0.05, 0.1) is 12.1 Å². The second-order valence-corrected chi connectivity index (χ2v) is 6.42. The van der Waals surface area contributed by atoms with Crippen molar-refractivity contribution < 1.29 is 4.84 Å². The third-order valence-electron chi connectivity index (χ3n) is 3.05. The molecule has 94 valence electrons. The van der Waals surface area contributed by atoms with Crippen molar-refractivity contribution in [1.82, 2.24) is 5.06 Å². The summed E-state index contributed by atoms with van der Waals surface area (Å²) in [4.78, 5) is 6.07. The molecule has 1 aliphatic rings. The molecule has 2 nitrogen and oxygen atoms in total. The summed E-state index contributed by atoms with van der Waals surface area (Å²) in [7, 11) is 0. The molecule has 0 radical (unpaired) electrons. The highest BCUT2D eigenvalue weighted by molar-refractivity contribution is 14.1. The largest absolute Gasteiger partial charge is 0.294 e. The molecule has 0 N–H and O–H groups in total. The minimum Gasteiger partial charge on any atom is -0.294 e. The lowest BCUT2D eigenvalue weighted by Crippen LogP contribution is -2.40. The summed E-state index contributed by atoms with van der Waals surface area (Å²) in [6.07, 6.45) is 1.43. The van der Waals surface area contributed by atoms with Crippen LogP contribution in [0.4, 0.5) is 0 Å². The molecule has 1 saturated heterocycles. The molecule has 0 unspecified atom stereocenters. The van der Waals surface area contributed by atoms with Crippen LogP contribution in [0.2, 0.25) is 0 Å². The van der Waals surface area contributed by atoms with Crippen LogP contribution in [0, 0.1) is 0 Å². The Morgan fingerprint density at radius 2 is 1.94 bits per heavy atom. The molecular formula is C14H20INO. The van der Waals surface area contributed by atoms with Crippen LogP contribution in [0.5, 0.6) is 0 Å². The maximum absolute atomic E-state index is 6.07. The maximum atomic E-state index is 6.07. The first-order chi connectivity index (χ1) is 8.02. The average Bonchev–Trinajstić information content (AvgIpc) is 2.74. The Bertz CT molecular complexity index is 360. The molecule has 1 aromatic rings. The summed E-state index contributed by atoms with van der Waals surface area (Å²) in [6, 6.07) is 11.1. The van der Waals surface area contributed by atoms with E-state index in [1.807, 2.05) is 0 Å². The van der Waals surface area contributed by atoms with E-state index in [-0.39, 0.29) is 5.54 Å². The van der Waals surface area contributed by atoms with Gasteiger partial charge in [-0.1, -0.05) is 52.9 Å². The van der Waals surface area contributed by atoms with E-state index < -0.39 is 0 Å². The predicted octanol–water partition coefficient (Wildman–Crippen LogP) is 3.97. The van der Waals surface area contributed by atoms with Crippen molar-refractivity contribution in [3.8, 4) is 0 Å². The standard InChI is InChI=1S/C14H20INO/c1-14(2,3)16-13(9-12(10-15)17-16)11-7-5-4-6-8-11/h4-8,12-13H,9-10H2,1-3H3/t12-,13-/m0/s1. The Hall–Kier alpha value is -0.130. The third-order valence-corrected chi connectivity index (χ3v) is 4.03. The Labute approximate surface area is 117 Å². The number of hydrogen-bond donors (Lipinski definition) is 0. The number of nitrogens with zero attached hydrogens (tertiary/aromatic N) is 1. The summed E-state index contributed by atoms with van der Waals surface area (Å²) in [5.41, 5.74) is 1.40. The van der Waals surface area contributed by atoms with Crippen LogP contribution < -0.4 is 0 Å². The van der Waals surface area contributed by atoms with Crippen LogP contribution in [0.3, 0.4) is 0 Å². The van der Waals surface area contributed by atoms with Crippen LogP contribution in [0.1, 0.15) is 38.8 Å². The van der Waals surface area contributed by atoms with Gasteiger partial charge in [-0.05, 0) is 32.8 Å². The minimum atomic E-state index is 0.0427. The smallest absolute Gasteiger partial charge is 0.0902 e. The number of rotatable bonds is 2. The SMILES string of the molecule is CC(C)(C)N1O[C@H](CI)C[C@H]1c1ccccc1. The van der Waals surface area contributed by atoms with Crippen molar-refractivity contribution in [3.05, 3.63) is 35.9 Å². The molecule has 0 amide bonds. The zero-order chi connectivity index (χ0) is 12.5. The summed E-state index contributed by atoms with van der Waals surface area (Å²) in [5.74, 6) is 0. The Balaban J connectivity index is 2.25. The fourth-order valence-electron chi connectivity index (χ4n) is 2.29. The van der Waals surface area contributed by atoms with Crippen molar-refractivity contribution >= 4 is 22.6 Å². The molecule has 0 bridgehead atoms. The van der Waals surface area contributed by atoms with Gasteiger partial charge in [0.2, 0.25) is 0 Å². The molecule has 1 aromatic carbocycles. The molecule has 2 rings (SSSR count). The Morgan fingerprint density at radius 3 is 2.47 bits per heavy atom. The molecule has 1 fully saturated rings. The first-order valence-corrected chi connectivity index (χ1v) is 7.62. The molecule has 3 heteroatoms. The molecule has 1 aliphatic heterocycles. The van der Waals surface area contributed by atoms with E-state index in [9.17, 15) is 0 Å². The van der Waals surface area contributed by atoms with Gasteiger partial charge >= 0.3 is 0 Å². The van der Waals surface area contributed by atoms with Gasteiger partial charge < -0.3 is 0 Å². The number of alkyl halides is 1. The molecule has 1 heterocycles. The van der Waals surface area contributed by atoms with Gasteiger partial charge in [0.25, 0.3) is 0 Å². The molecule has 17 heavy (non-hydrogen) atoms. The van der Waals surface area contributed by atoms with Crippen LogP contribution in [0.15, 0.2) is 30.3 Å². The first-order valence-electron chi connectivity index (χ1n) is 6.09. The van der Waals surface area contributed by atoms with E-state index in [4.69, 9.17) is 4.84 Å². The fraction of sp³-hybridized carbons (Fsp3) is 0.571. The molecule has 0 aromatic heterocycles. The molecule has 0 spiro atoms.